The molecule has 0 aliphatic heterocycles. The van der Waals surface area contributed by atoms with Crippen LogP contribution in [-0.4, -0.2) is 24.2 Å². The molecule has 7 heteroatoms. The van der Waals surface area contributed by atoms with E-state index in [1.54, 1.807) is 0 Å². The largest absolute Gasteiger partial charge is 0.397 e. The first-order valence-corrected chi connectivity index (χ1v) is 5.12. The van der Waals surface area contributed by atoms with Gasteiger partial charge in [-0.3, -0.25) is 0 Å². The van der Waals surface area contributed by atoms with Crippen molar-refractivity contribution in [2.45, 2.75) is 5.92 Å². The summed E-state index contributed by atoms with van der Waals surface area (Å²) < 4.78 is 38.6. The third kappa shape index (κ3) is 3.28. The van der Waals surface area contributed by atoms with Gasteiger partial charge in [0.25, 0.3) is 5.92 Å². The number of aliphatic hydroxyl groups is 1. The lowest BCUT2D eigenvalue weighted by Crippen LogP contribution is -2.31. The normalized spacial score (nSPS) is 11.6. The maximum atomic E-state index is 13.1. The molecule has 0 saturated carbocycles. The summed E-state index contributed by atoms with van der Waals surface area (Å²) in [7, 11) is 0. The Labute approximate surface area is 98.6 Å². The number of rotatable bonds is 4. The van der Waals surface area contributed by atoms with Crippen molar-refractivity contribution < 1.29 is 18.3 Å². The van der Waals surface area contributed by atoms with E-state index in [0.29, 0.717) is 0 Å². The van der Waals surface area contributed by atoms with Crippen molar-refractivity contribution in [2.24, 2.45) is 0 Å². The Balaban J connectivity index is 2.79. The van der Waals surface area contributed by atoms with Gasteiger partial charge in [-0.2, -0.15) is 0 Å². The predicted octanol–water partition coefficient (Wildman–Crippen LogP) is 2.21. The number of halogens is 4. The number of hydrogen-bond acceptors (Lipinski definition) is 3. The summed E-state index contributed by atoms with van der Waals surface area (Å²) in [6.45, 7) is -2.09. The van der Waals surface area contributed by atoms with E-state index >= 15 is 0 Å². The summed E-state index contributed by atoms with van der Waals surface area (Å²) in [6.07, 6.45) is 0. The highest BCUT2D eigenvalue weighted by atomic mass is 79.9. The Morgan fingerprint density at radius 3 is 2.62 bits per heavy atom. The summed E-state index contributed by atoms with van der Waals surface area (Å²) in [5, 5.41) is 10.6. The molecule has 0 saturated heterocycles. The number of anilines is 2. The number of nitrogen functional groups attached to an aromatic ring is 1. The first-order valence-electron chi connectivity index (χ1n) is 4.33. The van der Waals surface area contributed by atoms with E-state index in [4.69, 9.17) is 10.8 Å². The number of benzene rings is 1. The van der Waals surface area contributed by atoms with Crippen LogP contribution in [0.1, 0.15) is 0 Å². The zero-order valence-electron chi connectivity index (χ0n) is 8.11. The van der Waals surface area contributed by atoms with E-state index in [-0.39, 0.29) is 15.8 Å². The van der Waals surface area contributed by atoms with E-state index in [1.165, 1.54) is 6.07 Å². The Hall–Kier alpha value is -0.950. The van der Waals surface area contributed by atoms with Gasteiger partial charge >= 0.3 is 0 Å². The SMILES string of the molecule is Nc1cc(Br)c(F)cc1NCC(F)(F)CO. The van der Waals surface area contributed by atoms with Gasteiger partial charge in [0, 0.05) is 6.07 Å². The van der Waals surface area contributed by atoms with Gasteiger partial charge in [-0.25, -0.2) is 13.2 Å². The Morgan fingerprint density at radius 1 is 1.44 bits per heavy atom. The van der Waals surface area contributed by atoms with Crippen LogP contribution in [0.15, 0.2) is 16.6 Å². The molecule has 0 radical (unpaired) electrons. The van der Waals surface area contributed by atoms with Gasteiger partial charge in [-0.1, -0.05) is 0 Å². The minimum Gasteiger partial charge on any atom is -0.397 e. The number of alkyl halides is 2. The molecule has 16 heavy (non-hydrogen) atoms. The van der Waals surface area contributed by atoms with Crippen LogP contribution in [0, 0.1) is 5.82 Å². The summed E-state index contributed by atoms with van der Waals surface area (Å²) >= 11 is 2.91. The smallest absolute Gasteiger partial charge is 0.287 e. The van der Waals surface area contributed by atoms with E-state index < -0.39 is 24.9 Å². The van der Waals surface area contributed by atoms with Crippen LogP contribution in [0.3, 0.4) is 0 Å². The molecule has 90 valence electrons. The average Bonchev–Trinajstić information content (AvgIpc) is 2.22. The fraction of sp³-hybridized carbons (Fsp3) is 0.333. The lowest BCUT2D eigenvalue weighted by Gasteiger charge is -2.16. The van der Waals surface area contributed by atoms with Crippen molar-refractivity contribution in [3.63, 3.8) is 0 Å². The maximum absolute atomic E-state index is 13.1. The van der Waals surface area contributed by atoms with E-state index in [1.807, 2.05) is 0 Å². The van der Waals surface area contributed by atoms with Crippen molar-refractivity contribution in [3.05, 3.63) is 22.4 Å². The van der Waals surface area contributed by atoms with Crippen LogP contribution in [0.5, 0.6) is 0 Å². The van der Waals surface area contributed by atoms with Gasteiger partial charge in [-0.05, 0) is 22.0 Å². The molecule has 1 aromatic rings. The lowest BCUT2D eigenvalue weighted by atomic mass is 10.2. The molecule has 0 unspecified atom stereocenters. The van der Waals surface area contributed by atoms with Crippen molar-refractivity contribution >= 4 is 27.3 Å². The molecule has 0 heterocycles. The molecule has 0 bridgehead atoms. The Bertz CT molecular complexity index is 387. The van der Waals surface area contributed by atoms with Crippen LogP contribution in [0.4, 0.5) is 24.5 Å². The van der Waals surface area contributed by atoms with Gasteiger partial charge < -0.3 is 16.2 Å². The van der Waals surface area contributed by atoms with Crippen LogP contribution in [-0.2, 0) is 0 Å². The van der Waals surface area contributed by atoms with E-state index in [9.17, 15) is 13.2 Å². The summed E-state index contributed by atoms with van der Waals surface area (Å²) in [5.41, 5.74) is 5.70. The number of nitrogens with one attached hydrogen (secondary N) is 1. The highest BCUT2D eigenvalue weighted by Crippen LogP contribution is 2.27. The molecular weight excluding hydrogens is 289 g/mol. The van der Waals surface area contributed by atoms with Gasteiger partial charge in [0.05, 0.1) is 22.4 Å². The molecule has 0 fully saturated rings. The second kappa shape index (κ2) is 4.92. The van der Waals surface area contributed by atoms with Crippen LogP contribution in [0.25, 0.3) is 0 Å². The van der Waals surface area contributed by atoms with Crippen molar-refractivity contribution in [1.82, 2.24) is 0 Å². The molecule has 4 N–H and O–H groups in total. The average molecular weight is 299 g/mol. The molecule has 0 amide bonds. The number of nitrogens with two attached hydrogens (primary N) is 1. The highest BCUT2D eigenvalue weighted by molar-refractivity contribution is 9.10. The van der Waals surface area contributed by atoms with Crippen molar-refractivity contribution in [2.75, 3.05) is 24.2 Å². The number of hydrogen-bond donors (Lipinski definition) is 3. The Kier molecular flexibility index (Phi) is 4.03. The molecule has 1 aromatic carbocycles. The standard InChI is InChI=1S/C9H10BrF3N2O/c10-5-1-7(14)8(2-6(5)11)15-3-9(12,13)4-16/h1-2,15-16H,3-4,14H2. The van der Waals surface area contributed by atoms with E-state index in [2.05, 4.69) is 21.2 Å². The fourth-order valence-corrected chi connectivity index (χ4v) is 1.36. The van der Waals surface area contributed by atoms with Gasteiger partial charge in [0.1, 0.15) is 12.4 Å². The Morgan fingerprint density at radius 2 is 2.06 bits per heavy atom. The van der Waals surface area contributed by atoms with Crippen LogP contribution in [0.2, 0.25) is 0 Å². The zero-order chi connectivity index (χ0) is 12.3. The molecule has 0 spiro atoms. The lowest BCUT2D eigenvalue weighted by molar-refractivity contribution is -0.0372. The first-order chi connectivity index (χ1) is 7.35. The molecule has 0 atom stereocenters. The first kappa shape index (κ1) is 13.1. The molecule has 1 rings (SSSR count). The maximum Gasteiger partial charge on any atom is 0.287 e. The molecular formula is C9H10BrF3N2O. The van der Waals surface area contributed by atoms with Gasteiger partial charge in [0.15, 0.2) is 0 Å². The fourth-order valence-electron chi connectivity index (χ4n) is 0.996. The van der Waals surface area contributed by atoms with Crippen molar-refractivity contribution in [3.8, 4) is 0 Å². The quantitative estimate of drug-likeness (QED) is 0.747. The van der Waals surface area contributed by atoms with E-state index in [0.717, 1.165) is 6.07 Å². The van der Waals surface area contributed by atoms with Crippen molar-refractivity contribution in [1.29, 1.82) is 0 Å². The molecule has 0 aliphatic carbocycles. The minimum absolute atomic E-state index is 0.0637. The van der Waals surface area contributed by atoms with Gasteiger partial charge in [0.2, 0.25) is 0 Å². The molecule has 0 aromatic heterocycles. The summed E-state index contributed by atoms with van der Waals surface area (Å²) in [6, 6.07) is 2.28. The predicted molar refractivity (Wildman–Crippen MR) is 59.0 cm³/mol. The van der Waals surface area contributed by atoms with Crippen LogP contribution < -0.4 is 11.1 Å². The third-order valence-electron chi connectivity index (χ3n) is 1.86. The third-order valence-corrected chi connectivity index (χ3v) is 2.47. The topological polar surface area (TPSA) is 58.3 Å². The highest BCUT2D eigenvalue weighted by Gasteiger charge is 2.27. The molecule has 3 nitrogen and oxygen atoms in total. The summed E-state index contributed by atoms with van der Waals surface area (Å²) in [4.78, 5) is 0. The second-order valence-electron chi connectivity index (χ2n) is 3.22. The number of aliphatic hydroxyl groups excluding tert-OH is 1. The van der Waals surface area contributed by atoms with Gasteiger partial charge in [-0.15, -0.1) is 0 Å². The minimum atomic E-state index is -3.27. The monoisotopic (exact) mass is 298 g/mol. The van der Waals surface area contributed by atoms with Crippen LogP contribution >= 0.6 is 15.9 Å². The summed E-state index contributed by atoms with van der Waals surface area (Å²) in [5.74, 6) is -3.88. The molecule has 0 aliphatic rings. The zero-order valence-corrected chi connectivity index (χ0v) is 9.69. The second-order valence-corrected chi connectivity index (χ2v) is 4.08.